The molecule has 0 radical (unpaired) electrons. The van der Waals surface area contributed by atoms with Crippen molar-refractivity contribution in [1.82, 2.24) is 10.3 Å². The maximum absolute atomic E-state index is 12.1. The van der Waals surface area contributed by atoms with Gasteiger partial charge in [-0.15, -0.1) is 0 Å². The van der Waals surface area contributed by atoms with E-state index in [0.717, 1.165) is 0 Å². The van der Waals surface area contributed by atoms with Crippen molar-refractivity contribution in [3.8, 4) is 5.75 Å². The van der Waals surface area contributed by atoms with Crippen LogP contribution in [0.15, 0.2) is 18.3 Å². The lowest BCUT2D eigenvalue weighted by Gasteiger charge is -2.11. The van der Waals surface area contributed by atoms with Crippen LogP contribution in [0, 0.1) is 0 Å². The molecule has 1 rings (SSSR count). The SMILES string of the molecule is CCC(O)CCNC(=O)c1ncccc1OCC(F)F. The van der Waals surface area contributed by atoms with E-state index in [9.17, 15) is 18.7 Å². The molecule has 0 aliphatic carbocycles. The first kappa shape index (κ1) is 16.3. The first-order valence-electron chi connectivity index (χ1n) is 6.36. The maximum atomic E-state index is 12.1. The van der Waals surface area contributed by atoms with Crippen LogP contribution < -0.4 is 10.1 Å². The van der Waals surface area contributed by atoms with Crippen molar-refractivity contribution in [2.45, 2.75) is 32.3 Å². The number of hydrogen-bond donors (Lipinski definition) is 2. The molecule has 20 heavy (non-hydrogen) atoms. The summed E-state index contributed by atoms with van der Waals surface area (Å²) >= 11 is 0. The van der Waals surface area contributed by atoms with Crippen molar-refractivity contribution in [2.24, 2.45) is 0 Å². The molecule has 0 aliphatic rings. The van der Waals surface area contributed by atoms with Crippen LogP contribution >= 0.6 is 0 Å². The smallest absolute Gasteiger partial charge is 0.273 e. The molecule has 1 heterocycles. The number of aromatic nitrogens is 1. The average Bonchev–Trinajstić information content (AvgIpc) is 2.45. The van der Waals surface area contributed by atoms with E-state index >= 15 is 0 Å². The molecule has 0 aromatic carbocycles. The molecule has 0 fully saturated rings. The van der Waals surface area contributed by atoms with Gasteiger partial charge in [0.05, 0.1) is 6.10 Å². The van der Waals surface area contributed by atoms with Gasteiger partial charge >= 0.3 is 0 Å². The van der Waals surface area contributed by atoms with Gasteiger partial charge in [0.2, 0.25) is 0 Å². The Hall–Kier alpha value is -1.76. The summed E-state index contributed by atoms with van der Waals surface area (Å²) in [6.07, 6.45) is -0.699. The molecule has 1 atom stereocenters. The second-order valence-corrected chi connectivity index (χ2v) is 4.16. The van der Waals surface area contributed by atoms with Crippen molar-refractivity contribution in [1.29, 1.82) is 0 Å². The summed E-state index contributed by atoms with van der Waals surface area (Å²) in [5.41, 5.74) is -0.0425. The molecule has 0 bridgehead atoms. The maximum Gasteiger partial charge on any atom is 0.273 e. The molecule has 0 saturated carbocycles. The van der Waals surface area contributed by atoms with Gasteiger partial charge in [0, 0.05) is 12.7 Å². The zero-order chi connectivity index (χ0) is 15.0. The van der Waals surface area contributed by atoms with Crippen LogP contribution in [0.2, 0.25) is 0 Å². The predicted molar refractivity (Wildman–Crippen MR) is 69.0 cm³/mol. The second-order valence-electron chi connectivity index (χ2n) is 4.16. The van der Waals surface area contributed by atoms with Gasteiger partial charge in [0.1, 0.15) is 6.61 Å². The van der Waals surface area contributed by atoms with Crippen LogP contribution in [0.5, 0.6) is 5.75 Å². The number of amides is 1. The monoisotopic (exact) mass is 288 g/mol. The molecule has 0 aliphatic heterocycles. The number of hydrogen-bond acceptors (Lipinski definition) is 4. The molecule has 7 heteroatoms. The summed E-state index contributed by atoms with van der Waals surface area (Å²) in [4.78, 5) is 15.7. The van der Waals surface area contributed by atoms with Gasteiger partial charge in [-0.25, -0.2) is 13.8 Å². The number of halogens is 2. The third kappa shape index (κ3) is 5.48. The molecule has 5 nitrogen and oxygen atoms in total. The number of carbonyl (C=O) groups is 1. The summed E-state index contributed by atoms with van der Waals surface area (Å²) in [6, 6.07) is 2.91. The minimum atomic E-state index is -2.62. The first-order chi connectivity index (χ1) is 9.54. The Morgan fingerprint density at radius 2 is 2.30 bits per heavy atom. The highest BCUT2D eigenvalue weighted by atomic mass is 19.3. The summed E-state index contributed by atoms with van der Waals surface area (Å²) in [5, 5.41) is 11.9. The Bertz CT molecular complexity index is 430. The molecule has 2 N–H and O–H groups in total. The van der Waals surface area contributed by atoms with E-state index in [1.165, 1.54) is 18.3 Å². The Balaban J connectivity index is 2.58. The van der Waals surface area contributed by atoms with Crippen LogP contribution in [0.25, 0.3) is 0 Å². The Morgan fingerprint density at radius 1 is 1.55 bits per heavy atom. The quantitative estimate of drug-likeness (QED) is 0.762. The number of alkyl halides is 2. The third-order valence-electron chi connectivity index (χ3n) is 2.58. The minimum absolute atomic E-state index is 0.0151. The summed E-state index contributed by atoms with van der Waals surface area (Å²) in [6.45, 7) is 1.32. The van der Waals surface area contributed by atoms with Crippen molar-refractivity contribution in [2.75, 3.05) is 13.2 Å². The van der Waals surface area contributed by atoms with E-state index in [-0.39, 0.29) is 18.0 Å². The van der Waals surface area contributed by atoms with Crippen molar-refractivity contribution in [3.05, 3.63) is 24.0 Å². The summed E-state index contributed by atoms with van der Waals surface area (Å²) < 4.78 is 29.1. The molecule has 1 unspecified atom stereocenters. The van der Waals surface area contributed by atoms with Crippen LogP contribution in [0.3, 0.4) is 0 Å². The first-order valence-corrected chi connectivity index (χ1v) is 6.36. The topological polar surface area (TPSA) is 71.5 Å². The molecule has 0 spiro atoms. The molecule has 112 valence electrons. The largest absolute Gasteiger partial charge is 0.485 e. The van der Waals surface area contributed by atoms with E-state index in [1.807, 2.05) is 6.92 Å². The van der Waals surface area contributed by atoms with Crippen LogP contribution in [-0.4, -0.2) is 41.7 Å². The standard InChI is InChI=1S/C13H18F2N2O3/c1-2-9(18)5-7-17-13(19)12-10(4-3-6-16-12)20-8-11(14)15/h3-4,6,9,11,18H,2,5,7-8H2,1H3,(H,17,19). The number of pyridine rings is 1. The number of nitrogens with zero attached hydrogens (tertiary/aromatic N) is 1. The summed E-state index contributed by atoms with van der Waals surface area (Å²) in [5.74, 6) is -0.500. The number of ether oxygens (including phenoxy) is 1. The Morgan fingerprint density at radius 3 is 2.95 bits per heavy atom. The molecular weight excluding hydrogens is 270 g/mol. The number of rotatable bonds is 8. The lowest BCUT2D eigenvalue weighted by Crippen LogP contribution is -2.28. The fourth-order valence-corrected chi connectivity index (χ4v) is 1.47. The second kappa shape index (κ2) is 8.42. The van der Waals surface area contributed by atoms with Crippen LogP contribution in [-0.2, 0) is 0 Å². The van der Waals surface area contributed by atoms with E-state index in [2.05, 4.69) is 10.3 Å². The van der Waals surface area contributed by atoms with Crippen LogP contribution in [0.1, 0.15) is 30.3 Å². The molecule has 1 amide bonds. The van der Waals surface area contributed by atoms with Crippen LogP contribution in [0.4, 0.5) is 8.78 Å². The average molecular weight is 288 g/mol. The van der Waals surface area contributed by atoms with Gasteiger partial charge in [0.25, 0.3) is 12.3 Å². The highest BCUT2D eigenvalue weighted by molar-refractivity contribution is 5.94. The number of aliphatic hydroxyl groups excluding tert-OH is 1. The van der Waals surface area contributed by atoms with Gasteiger partial charge in [-0.2, -0.15) is 0 Å². The lowest BCUT2D eigenvalue weighted by molar-refractivity contribution is 0.0789. The molecule has 0 saturated heterocycles. The normalized spacial score (nSPS) is 12.2. The van der Waals surface area contributed by atoms with Gasteiger partial charge in [-0.3, -0.25) is 4.79 Å². The van der Waals surface area contributed by atoms with Gasteiger partial charge in [-0.1, -0.05) is 6.92 Å². The number of nitrogens with one attached hydrogen (secondary N) is 1. The van der Waals surface area contributed by atoms with E-state index in [0.29, 0.717) is 12.8 Å². The number of aliphatic hydroxyl groups is 1. The Labute approximate surface area is 116 Å². The van der Waals surface area contributed by atoms with Crippen molar-refractivity contribution < 1.29 is 23.4 Å². The fourth-order valence-electron chi connectivity index (χ4n) is 1.47. The van der Waals surface area contributed by atoms with Gasteiger partial charge in [0.15, 0.2) is 11.4 Å². The van der Waals surface area contributed by atoms with Crippen molar-refractivity contribution >= 4 is 5.91 Å². The predicted octanol–water partition coefficient (Wildman–Crippen LogP) is 1.62. The minimum Gasteiger partial charge on any atom is -0.485 e. The zero-order valence-electron chi connectivity index (χ0n) is 11.2. The van der Waals surface area contributed by atoms with E-state index in [4.69, 9.17) is 4.74 Å². The van der Waals surface area contributed by atoms with E-state index < -0.39 is 25.0 Å². The fraction of sp³-hybridized carbons (Fsp3) is 0.538. The highest BCUT2D eigenvalue weighted by Gasteiger charge is 2.15. The third-order valence-corrected chi connectivity index (χ3v) is 2.58. The summed E-state index contributed by atoms with van der Waals surface area (Å²) in [7, 11) is 0. The zero-order valence-corrected chi connectivity index (χ0v) is 11.2. The van der Waals surface area contributed by atoms with E-state index in [1.54, 1.807) is 0 Å². The van der Waals surface area contributed by atoms with Crippen molar-refractivity contribution in [3.63, 3.8) is 0 Å². The lowest BCUT2D eigenvalue weighted by atomic mass is 10.2. The number of carbonyl (C=O) groups excluding carboxylic acids is 1. The Kier molecular flexibility index (Phi) is 6.86. The van der Waals surface area contributed by atoms with Gasteiger partial charge in [-0.05, 0) is 25.0 Å². The molecule has 1 aromatic rings. The molecular formula is C13H18F2N2O3. The van der Waals surface area contributed by atoms with Gasteiger partial charge < -0.3 is 15.2 Å². The highest BCUT2D eigenvalue weighted by Crippen LogP contribution is 2.16. The molecule has 1 aromatic heterocycles.